The van der Waals surface area contributed by atoms with Gasteiger partial charge < -0.3 is 19.7 Å². The predicted molar refractivity (Wildman–Crippen MR) is 82.7 cm³/mol. The van der Waals surface area contributed by atoms with Gasteiger partial charge in [0.2, 0.25) is 0 Å². The zero-order chi connectivity index (χ0) is 16.1. The molecule has 5 heteroatoms. The Kier molecular flexibility index (Phi) is 4.68. The van der Waals surface area contributed by atoms with Gasteiger partial charge in [-0.3, -0.25) is 4.79 Å². The molecule has 22 heavy (non-hydrogen) atoms. The summed E-state index contributed by atoms with van der Waals surface area (Å²) in [6.07, 6.45) is 2.89. The first-order valence-corrected chi connectivity index (χ1v) is 6.51. The molecule has 0 saturated heterocycles. The van der Waals surface area contributed by atoms with Gasteiger partial charge in [-0.05, 0) is 42.0 Å². The highest BCUT2D eigenvalue weighted by Gasteiger charge is 2.09. The molecule has 0 aliphatic rings. The van der Waals surface area contributed by atoms with E-state index < -0.39 is 5.78 Å². The molecule has 0 saturated carbocycles. The van der Waals surface area contributed by atoms with Gasteiger partial charge in [-0.2, -0.15) is 0 Å². The van der Waals surface area contributed by atoms with E-state index in [-0.39, 0.29) is 17.1 Å². The van der Waals surface area contributed by atoms with Crippen LogP contribution in [-0.4, -0.2) is 30.2 Å². The van der Waals surface area contributed by atoms with Crippen LogP contribution >= 0.6 is 0 Å². The lowest BCUT2D eigenvalue weighted by Gasteiger charge is -2.06. The normalized spacial score (nSPS) is 10.6. The lowest BCUT2D eigenvalue weighted by molar-refractivity contribution is 0.104. The Morgan fingerprint density at radius 1 is 1.00 bits per heavy atom. The van der Waals surface area contributed by atoms with Crippen molar-refractivity contribution >= 4 is 11.9 Å². The van der Waals surface area contributed by atoms with Gasteiger partial charge >= 0.3 is 0 Å². The number of hydrogen-bond acceptors (Lipinski definition) is 5. The van der Waals surface area contributed by atoms with Crippen molar-refractivity contribution in [1.29, 1.82) is 0 Å². The zero-order valence-electron chi connectivity index (χ0n) is 12.2. The van der Waals surface area contributed by atoms with Gasteiger partial charge in [-0.1, -0.05) is 6.08 Å². The van der Waals surface area contributed by atoms with Gasteiger partial charge in [-0.25, -0.2) is 0 Å². The minimum absolute atomic E-state index is 0.0334. The van der Waals surface area contributed by atoms with E-state index in [9.17, 15) is 15.0 Å². The number of methoxy groups -OCH3 is 2. The molecule has 0 spiro atoms. The first-order valence-electron chi connectivity index (χ1n) is 6.51. The van der Waals surface area contributed by atoms with Crippen LogP contribution in [0.25, 0.3) is 6.08 Å². The number of hydrogen-bond donors (Lipinski definition) is 2. The average molecular weight is 300 g/mol. The minimum atomic E-state index is -0.421. The zero-order valence-corrected chi connectivity index (χ0v) is 12.2. The van der Waals surface area contributed by atoms with Crippen molar-refractivity contribution in [3.05, 3.63) is 53.6 Å². The van der Waals surface area contributed by atoms with E-state index in [1.165, 1.54) is 38.5 Å². The van der Waals surface area contributed by atoms with Gasteiger partial charge in [0.05, 0.1) is 19.8 Å². The number of rotatable bonds is 5. The fraction of sp³-hybridized carbons (Fsp3) is 0.118. The monoisotopic (exact) mass is 300 g/mol. The van der Waals surface area contributed by atoms with Crippen LogP contribution in [0.4, 0.5) is 0 Å². The highest BCUT2D eigenvalue weighted by Crippen LogP contribution is 2.25. The Balaban J connectivity index is 2.28. The van der Waals surface area contributed by atoms with Crippen molar-refractivity contribution < 1.29 is 24.5 Å². The molecule has 0 bridgehead atoms. The van der Waals surface area contributed by atoms with Crippen molar-refractivity contribution in [2.75, 3.05) is 14.2 Å². The van der Waals surface area contributed by atoms with Crippen LogP contribution in [0.2, 0.25) is 0 Å². The van der Waals surface area contributed by atoms with E-state index in [0.717, 1.165) is 0 Å². The first-order chi connectivity index (χ1) is 10.5. The van der Waals surface area contributed by atoms with Gasteiger partial charge in [0.15, 0.2) is 5.78 Å². The Hall–Kier alpha value is -2.95. The SMILES string of the molecule is COc1cc(/C=C/C(=O)c2cc(O)ccc2O)cc(OC)c1. The molecule has 0 heterocycles. The number of ether oxygens (including phenoxy) is 2. The highest BCUT2D eigenvalue weighted by molar-refractivity contribution is 6.08. The summed E-state index contributed by atoms with van der Waals surface area (Å²) in [5.41, 5.74) is 0.746. The van der Waals surface area contributed by atoms with Crippen LogP contribution in [0.1, 0.15) is 15.9 Å². The summed E-state index contributed by atoms with van der Waals surface area (Å²) in [4.78, 5) is 12.1. The second-order valence-electron chi connectivity index (χ2n) is 4.55. The van der Waals surface area contributed by atoms with Crippen molar-refractivity contribution in [2.45, 2.75) is 0 Å². The van der Waals surface area contributed by atoms with Gasteiger partial charge in [0, 0.05) is 6.07 Å². The molecule has 0 unspecified atom stereocenters. The van der Waals surface area contributed by atoms with Crippen molar-refractivity contribution in [2.24, 2.45) is 0 Å². The van der Waals surface area contributed by atoms with E-state index in [1.807, 2.05) is 0 Å². The Labute approximate surface area is 128 Å². The fourth-order valence-corrected chi connectivity index (χ4v) is 1.91. The maximum absolute atomic E-state index is 12.1. The van der Waals surface area contributed by atoms with E-state index in [1.54, 1.807) is 24.3 Å². The average Bonchev–Trinajstić information content (AvgIpc) is 2.54. The van der Waals surface area contributed by atoms with Crippen LogP contribution < -0.4 is 9.47 Å². The van der Waals surface area contributed by atoms with Crippen LogP contribution in [0.5, 0.6) is 23.0 Å². The smallest absolute Gasteiger partial charge is 0.189 e. The number of carbonyl (C=O) groups excluding carboxylic acids is 1. The molecule has 0 fully saturated rings. The minimum Gasteiger partial charge on any atom is -0.508 e. The molecule has 0 aliphatic heterocycles. The molecule has 0 aromatic heterocycles. The second-order valence-corrected chi connectivity index (χ2v) is 4.55. The molecule has 0 amide bonds. The summed E-state index contributed by atoms with van der Waals surface area (Å²) in [7, 11) is 3.08. The molecular formula is C17H16O5. The van der Waals surface area contributed by atoms with Crippen LogP contribution in [0, 0.1) is 0 Å². The fourth-order valence-electron chi connectivity index (χ4n) is 1.91. The Morgan fingerprint density at radius 3 is 2.23 bits per heavy atom. The van der Waals surface area contributed by atoms with Crippen LogP contribution in [0.3, 0.4) is 0 Å². The van der Waals surface area contributed by atoms with E-state index in [4.69, 9.17) is 9.47 Å². The predicted octanol–water partition coefficient (Wildman–Crippen LogP) is 3.01. The topological polar surface area (TPSA) is 76.0 Å². The van der Waals surface area contributed by atoms with E-state index >= 15 is 0 Å². The summed E-state index contributed by atoms with van der Waals surface area (Å²) in [6.45, 7) is 0. The molecule has 0 atom stereocenters. The molecule has 2 aromatic carbocycles. The molecule has 2 rings (SSSR count). The molecule has 2 N–H and O–H groups in total. The second kappa shape index (κ2) is 6.67. The number of carbonyl (C=O) groups is 1. The third-order valence-electron chi connectivity index (χ3n) is 3.05. The largest absolute Gasteiger partial charge is 0.508 e. The number of ketones is 1. The third kappa shape index (κ3) is 3.58. The molecule has 2 aromatic rings. The van der Waals surface area contributed by atoms with Gasteiger partial charge in [0.1, 0.15) is 23.0 Å². The van der Waals surface area contributed by atoms with Crippen molar-refractivity contribution in [1.82, 2.24) is 0 Å². The number of aromatic hydroxyl groups is 2. The molecule has 114 valence electrons. The van der Waals surface area contributed by atoms with Crippen LogP contribution in [0.15, 0.2) is 42.5 Å². The standard InChI is InChI=1S/C17H16O5/c1-21-13-7-11(8-14(10-13)22-2)3-5-16(19)15-9-12(18)4-6-17(15)20/h3-10,18,20H,1-2H3/b5-3+. The van der Waals surface area contributed by atoms with E-state index in [2.05, 4.69) is 0 Å². The van der Waals surface area contributed by atoms with Crippen molar-refractivity contribution in [3.8, 4) is 23.0 Å². The lowest BCUT2D eigenvalue weighted by Crippen LogP contribution is -1.95. The molecule has 0 radical (unpaired) electrons. The first kappa shape index (κ1) is 15.4. The highest BCUT2D eigenvalue weighted by atomic mass is 16.5. The van der Waals surface area contributed by atoms with E-state index in [0.29, 0.717) is 17.1 Å². The number of phenols is 2. The maximum atomic E-state index is 12.1. The summed E-state index contributed by atoms with van der Waals surface area (Å²) in [5.74, 6) is 0.516. The molecular weight excluding hydrogens is 284 g/mol. The lowest BCUT2D eigenvalue weighted by atomic mass is 10.1. The summed E-state index contributed by atoms with van der Waals surface area (Å²) in [6, 6.07) is 9.01. The Bertz CT molecular complexity index is 697. The molecule has 5 nitrogen and oxygen atoms in total. The summed E-state index contributed by atoms with van der Waals surface area (Å²) >= 11 is 0. The summed E-state index contributed by atoms with van der Waals surface area (Å²) < 4.78 is 10.3. The van der Waals surface area contributed by atoms with Gasteiger partial charge in [0.25, 0.3) is 0 Å². The number of benzene rings is 2. The van der Waals surface area contributed by atoms with Crippen molar-refractivity contribution in [3.63, 3.8) is 0 Å². The molecule has 0 aliphatic carbocycles. The quantitative estimate of drug-likeness (QED) is 0.504. The third-order valence-corrected chi connectivity index (χ3v) is 3.05. The maximum Gasteiger partial charge on any atom is 0.189 e. The number of phenolic OH excluding ortho intramolecular Hbond substituents is 2. The Morgan fingerprint density at radius 2 is 1.64 bits per heavy atom. The van der Waals surface area contributed by atoms with Gasteiger partial charge in [-0.15, -0.1) is 0 Å². The summed E-state index contributed by atoms with van der Waals surface area (Å²) in [5, 5.41) is 19.0. The van der Waals surface area contributed by atoms with Crippen LogP contribution in [-0.2, 0) is 0 Å². The number of allylic oxidation sites excluding steroid dienone is 1.